The van der Waals surface area contributed by atoms with Crippen molar-refractivity contribution in [2.45, 2.75) is 26.8 Å². The molecule has 2 heterocycles. The summed E-state index contributed by atoms with van der Waals surface area (Å²) in [6.45, 7) is 8.58. The normalized spacial score (nSPS) is 11.9. The molecule has 0 spiro atoms. The Balaban J connectivity index is 1.15. The van der Waals surface area contributed by atoms with Crippen LogP contribution in [-0.4, -0.2) is 73.7 Å². The van der Waals surface area contributed by atoms with Gasteiger partial charge in [0.05, 0.1) is 26.4 Å². The number of rotatable bonds is 18. The second-order valence-corrected chi connectivity index (χ2v) is 9.73. The number of benzene rings is 2. The quantitative estimate of drug-likeness (QED) is 0.168. The highest BCUT2D eigenvalue weighted by molar-refractivity contribution is 5.94. The van der Waals surface area contributed by atoms with Crippen molar-refractivity contribution in [3.8, 4) is 11.5 Å². The number of carbonyl (C=O) groups excluding carboxylic acids is 1. The number of amides is 1. The van der Waals surface area contributed by atoms with Gasteiger partial charge in [-0.1, -0.05) is 38.1 Å². The molecule has 12 heteroatoms. The molecule has 220 valence electrons. The van der Waals surface area contributed by atoms with E-state index in [0.29, 0.717) is 75.4 Å². The highest BCUT2D eigenvalue weighted by Gasteiger charge is 2.14. The molecule has 0 fully saturated rings. The maximum atomic E-state index is 12.0. The summed E-state index contributed by atoms with van der Waals surface area (Å²) in [4.78, 5) is 25.5. The van der Waals surface area contributed by atoms with Gasteiger partial charge in [0.25, 0.3) is 5.91 Å². The Bertz CT molecular complexity index is 1230. The zero-order valence-corrected chi connectivity index (χ0v) is 23.7. The van der Waals surface area contributed by atoms with Gasteiger partial charge in [0, 0.05) is 31.7 Å². The first-order valence-electron chi connectivity index (χ1n) is 13.9. The molecule has 0 bridgehead atoms. The highest BCUT2D eigenvalue weighted by Crippen LogP contribution is 2.32. The Labute approximate surface area is 240 Å². The van der Waals surface area contributed by atoms with Gasteiger partial charge in [0.1, 0.15) is 0 Å². The van der Waals surface area contributed by atoms with E-state index in [1.165, 1.54) is 0 Å². The van der Waals surface area contributed by atoms with E-state index in [1.807, 2.05) is 36.4 Å². The topological polar surface area (TPSA) is 141 Å². The third-order valence-electron chi connectivity index (χ3n) is 6.00. The number of aromatic nitrogens is 3. The van der Waals surface area contributed by atoms with E-state index in [0.717, 1.165) is 30.0 Å². The summed E-state index contributed by atoms with van der Waals surface area (Å²) in [6.07, 6.45) is 1.00. The second kappa shape index (κ2) is 16.2. The van der Waals surface area contributed by atoms with Gasteiger partial charge in [-0.25, -0.2) is 0 Å². The van der Waals surface area contributed by atoms with Crippen molar-refractivity contribution in [2.75, 3.05) is 68.8 Å². The molecule has 41 heavy (non-hydrogen) atoms. The summed E-state index contributed by atoms with van der Waals surface area (Å²) in [5.41, 5.74) is 1.65. The maximum Gasteiger partial charge on any atom is 0.251 e. The van der Waals surface area contributed by atoms with Crippen LogP contribution >= 0.6 is 0 Å². The SMILES string of the molecule is CC(C)CCNc1nc(NCCOCCOCCNC(=O)c2ccccc2)nc(NCc2ccc3c(c2)OCO3)n1. The van der Waals surface area contributed by atoms with Crippen LogP contribution in [0.2, 0.25) is 0 Å². The van der Waals surface area contributed by atoms with Gasteiger partial charge in [-0.2, -0.15) is 15.0 Å². The molecule has 4 rings (SSSR count). The number of anilines is 3. The zero-order valence-electron chi connectivity index (χ0n) is 23.7. The molecule has 3 aromatic rings. The number of nitrogens with one attached hydrogen (secondary N) is 4. The number of fused-ring (bicyclic) bond motifs is 1. The van der Waals surface area contributed by atoms with E-state index in [4.69, 9.17) is 18.9 Å². The fourth-order valence-corrected chi connectivity index (χ4v) is 3.80. The smallest absolute Gasteiger partial charge is 0.251 e. The van der Waals surface area contributed by atoms with Crippen LogP contribution in [0.25, 0.3) is 0 Å². The molecule has 1 aromatic heterocycles. The van der Waals surface area contributed by atoms with Crippen LogP contribution in [0.4, 0.5) is 17.8 Å². The largest absolute Gasteiger partial charge is 0.454 e. The van der Waals surface area contributed by atoms with Crippen LogP contribution in [0.15, 0.2) is 48.5 Å². The molecular weight excluding hydrogens is 526 g/mol. The number of hydrogen-bond donors (Lipinski definition) is 4. The minimum atomic E-state index is -0.112. The van der Waals surface area contributed by atoms with Crippen molar-refractivity contribution in [3.05, 3.63) is 59.7 Å². The number of nitrogens with zero attached hydrogens (tertiary/aromatic N) is 3. The third-order valence-corrected chi connectivity index (χ3v) is 6.00. The molecule has 0 aliphatic carbocycles. The molecule has 1 amide bonds. The van der Waals surface area contributed by atoms with Crippen LogP contribution in [0.1, 0.15) is 36.2 Å². The summed E-state index contributed by atoms with van der Waals surface area (Å²) in [6, 6.07) is 14.9. The van der Waals surface area contributed by atoms with E-state index < -0.39 is 0 Å². The molecule has 0 atom stereocenters. The van der Waals surface area contributed by atoms with Gasteiger partial charge < -0.3 is 40.2 Å². The first-order chi connectivity index (χ1) is 20.1. The standard InChI is InChI=1S/C29H39N7O5/c1-21(2)10-11-31-27-34-28(36-29(35-27)33-19-22-8-9-24-25(18-22)41-20-40-24)32-13-15-39-17-16-38-14-12-30-26(37)23-6-4-3-5-7-23/h3-9,18,21H,10-17,19-20H2,1-2H3,(H,30,37)(H3,31,32,33,34,35,36). The minimum Gasteiger partial charge on any atom is -0.454 e. The summed E-state index contributed by atoms with van der Waals surface area (Å²) in [5, 5.41) is 12.6. The van der Waals surface area contributed by atoms with Crippen LogP contribution in [0, 0.1) is 5.92 Å². The molecule has 12 nitrogen and oxygen atoms in total. The minimum absolute atomic E-state index is 0.112. The molecule has 0 saturated carbocycles. The van der Waals surface area contributed by atoms with Crippen molar-refractivity contribution >= 4 is 23.8 Å². The fraction of sp³-hybridized carbons (Fsp3) is 0.448. The lowest BCUT2D eigenvalue weighted by atomic mass is 10.1. The zero-order chi connectivity index (χ0) is 28.7. The summed E-state index contributed by atoms with van der Waals surface area (Å²) >= 11 is 0. The summed E-state index contributed by atoms with van der Waals surface area (Å²) < 4.78 is 22.0. The molecule has 0 radical (unpaired) electrons. The lowest BCUT2D eigenvalue weighted by molar-refractivity contribution is 0.0519. The average molecular weight is 566 g/mol. The van der Waals surface area contributed by atoms with Gasteiger partial charge in [-0.3, -0.25) is 4.79 Å². The lowest BCUT2D eigenvalue weighted by Gasteiger charge is -2.12. The molecule has 2 aromatic carbocycles. The van der Waals surface area contributed by atoms with Gasteiger partial charge >= 0.3 is 0 Å². The van der Waals surface area contributed by atoms with Crippen LogP contribution in [0.5, 0.6) is 11.5 Å². The summed E-state index contributed by atoms with van der Waals surface area (Å²) in [7, 11) is 0. The van der Waals surface area contributed by atoms with Crippen molar-refractivity contribution in [3.63, 3.8) is 0 Å². The van der Waals surface area contributed by atoms with E-state index in [9.17, 15) is 4.79 Å². The average Bonchev–Trinajstić information content (AvgIpc) is 3.45. The maximum absolute atomic E-state index is 12.0. The van der Waals surface area contributed by atoms with E-state index in [1.54, 1.807) is 12.1 Å². The first kappa shape index (κ1) is 29.8. The van der Waals surface area contributed by atoms with E-state index in [-0.39, 0.29) is 12.7 Å². The molecular formula is C29H39N7O5. The van der Waals surface area contributed by atoms with Crippen molar-refractivity contribution in [1.29, 1.82) is 0 Å². The lowest BCUT2D eigenvalue weighted by Crippen LogP contribution is -2.27. The van der Waals surface area contributed by atoms with Crippen LogP contribution in [-0.2, 0) is 16.0 Å². The van der Waals surface area contributed by atoms with Crippen LogP contribution < -0.4 is 30.7 Å². The van der Waals surface area contributed by atoms with E-state index >= 15 is 0 Å². The molecule has 1 aliphatic rings. The number of hydrogen-bond acceptors (Lipinski definition) is 11. The Morgan fingerprint density at radius 1 is 0.805 bits per heavy atom. The first-order valence-corrected chi connectivity index (χ1v) is 13.9. The number of ether oxygens (including phenoxy) is 4. The van der Waals surface area contributed by atoms with Gasteiger partial charge in [0.15, 0.2) is 11.5 Å². The predicted octanol–water partition coefficient (Wildman–Crippen LogP) is 3.55. The Hall–Kier alpha value is -4.16. The van der Waals surface area contributed by atoms with Crippen molar-refractivity contribution in [1.82, 2.24) is 20.3 Å². The molecule has 1 aliphatic heterocycles. The summed E-state index contributed by atoms with van der Waals surface area (Å²) in [5.74, 6) is 3.36. The number of carbonyl (C=O) groups is 1. The fourth-order valence-electron chi connectivity index (χ4n) is 3.80. The van der Waals surface area contributed by atoms with Gasteiger partial charge in [-0.05, 0) is 42.2 Å². The molecule has 4 N–H and O–H groups in total. The third kappa shape index (κ3) is 10.4. The van der Waals surface area contributed by atoms with Crippen LogP contribution in [0.3, 0.4) is 0 Å². The van der Waals surface area contributed by atoms with Gasteiger partial charge in [0.2, 0.25) is 24.6 Å². The van der Waals surface area contributed by atoms with E-state index in [2.05, 4.69) is 50.1 Å². The Morgan fingerprint density at radius 3 is 2.20 bits per heavy atom. The highest BCUT2D eigenvalue weighted by atomic mass is 16.7. The molecule has 0 unspecified atom stereocenters. The van der Waals surface area contributed by atoms with Crippen molar-refractivity contribution < 1.29 is 23.7 Å². The van der Waals surface area contributed by atoms with Gasteiger partial charge in [-0.15, -0.1) is 0 Å². The Kier molecular flexibility index (Phi) is 11.8. The molecule has 0 saturated heterocycles. The predicted molar refractivity (Wildman–Crippen MR) is 157 cm³/mol. The monoisotopic (exact) mass is 565 g/mol. The Morgan fingerprint density at radius 2 is 1.46 bits per heavy atom. The van der Waals surface area contributed by atoms with Crippen molar-refractivity contribution in [2.24, 2.45) is 5.92 Å². The second-order valence-electron chi connectivity index (χ2n) is 9.73.